The smallest absolute Gasteiger partial charge is 0.290 e. The maximum Gasteiger partial charge on any atom is 0.290 e. The third-order valence-corrected chi connectivity index (χ3v) is 4.93. The van der Waals surface area contributed by atoms with Gasteiger partial charge in [0.1, 0.15) is 11.5 Å². The van der Waals surface area contributed by atoms with Gasteiger partial charge in [-0.2, -0.15) is 0 Å². The summed E-state index contributed by atoms with van der Waals surface area (Å²) < 4.78 is 1.51. The second-order valence-electron chi connectivity index (χ2n) is 6.57. The molecule has 0 spiro atoms. The van der Waals surface area contributed by atoms with E-state index >= 15 is 0 Å². The van der Waals surface area contributed by atoms with Gasteiger partial charge in [-0.3, -0.25) is 9.59 Å². The van der Waals surface area contributed by atoms with Crippen molar-refractivity contribution in [2.75, 3.05) is 11.9 Å². The Hall–Kier alpha value is -2.90. The molecule has 3 rings (SSSR count). The number of amides is 2. The van der Waals surface area contributed by atoms with Crippen LogP contribution in [0.2, 0.25) is 10.0 Å². The first-order chi connectivity index (χ1) is 14.4. The first kappa shape index (κ1) is 21.8. The predicted molar refractivity (Wildman–Crippen MR) is 118 cm³/mol. The topological polar surface area (TPSA) is 88.9 Å². The lowest BCUT2D eigenvalue weighted by molar-refractivity contribution is -0.114. The number of nitrogens with one attached hydrogen (secondary N) is 2. The molecule has 0 fully saturated rings. The van der Waals surface area contributed by atoms with Gasteiger partial charge in [-0.15, -0.1) is 5.10 Å². The highest BCUT2D eigenvalue weighted by atomic mass is 35.5. The van der Waals surface area contributed by atoms with Crippen molar-refractivity contribution in [2.24, 2.45) is 0 Å². The van der Waals surface area contributed by atoms with Crippen LogP contribution in [0.5, 0.6) is 0 Å². The lowest BCUT2D eigenvalue weighted by Crippen LogP contribution is -2.27. The molecule has 0 saturated carbocycles. The van der Waals surface area contributed by atoms with Crippen molar-refractivity contribution in [1.29, 1.82) is 0 Å². The highest BCUT2D eigenvalue weighted by molar-refractivity contribution is 6.37. The molecule has 1 heterocycles. The fraction of sp³-hybridized carbons (Fsp3) is 0.238. The van der Waals surface area contributed by atoms with Gasteiger partial charge in [0.15, 0.2) is 0 Å². The zero-order valence-corrected chi connectivity index (χ0v) is 18.1. The molecule has 156 valence electrons. The van der Waals surface area contributed by atoms with Crippen LogP contribution in [0.4, 0.5) is 5.69 Å². The molecule has 0 bridgehead atoms. The highest BCUT2D eigenvalue weighted by Gasteiger charge is 2.19. The summed E-state index contributed by atoms with van der Waals surface area (Å²) >= 11 is 12.6. The molecule has 0 aliphatic rings. The number of nitrogens with zero attached hydrogens (tertiary/aromatic N) is 3. The van der Waals surface area contributed by atoms with E-state index in [1.165, 1.54) is 11.6 Å². The monoisotopic (exact) mass is 445 g/mol. The molecule has 0 atom stereocenters. The summed E-state index contributed by atoms with van der Waals surface area (Å²) in [6, 6.07) is 12.6. The van der Waals surface area contributed by atoms with Crippen LogP contribution >= 0.6 is 23.2 Å². The lowest BCUT2D eigenvalue weighted by atomic mass is 10.1. The molecule has 2 amide bonds. The number of para-hydroxylation sites is 1. The van der Waals surface area contributed by atoms with Gasteiger partial charge in [0.05, 0.1) is 10.0 Å². The maximum atomic E-state index is 12.5. The molecular weight excluding hydrogens is 425 g/mol. The number of aryl methyl sites for hydroxylation is 1. The molecule has 7 nitrogen and oxygen atoms in total. The molecule has 0 unspecified atom stereocenters. The molecule has 0 aliphatic carbocycles. The number of carbonyl (C=O) groups excluding carboxylic acids is 2. The molecule has 2 aromatic carbocycles. The van der Waals surface area contributed by atoms with Gasteiger partial charge in [-0.25, -0.2) is 9.67 Å². The quantitative estimate of drug-likeness (QED) is 0.573. The Labute approximate surface area is 184 Å². The van der Waals surface area contributed by atoms with Crippen molar-refractivity contribution in [2.45, 2.75) is 26.7 Å². The minimum atomic E-state index is -0.374. The van der Waals surface area contributed by atoms with Crippen LogP contribution in [0.3, 0.4) is 0 Å². The van der Waals surface area contributed by atoms with E-state index in [0.29, 0.717) is 40.9 Å². The Morgan fingerprint density at radius 1 is 1.07 bits per heavy atom. The van der Waals surface area contributed by atoms with Crippen molar-refractivity contribution in [3.63, 3.8) is 0 Å². The molecule has 0 radical (unpaired) electrons. The number of hydrogen-bond acceptors (Lipinski definition) is 4. The predicted octanol–water partition coefficient (Wildman–Crippen LogP) is 4.07. The summed E-state index contributed by atoms with van der Waals surface area (Å²) in [4.78, 5) is 27.9. The van der Waals surface area contributed by atoms with Crippen LogP contribution in [-0.2, 0) is 17.6 Å². The molecular formula is C21H21Cl2N5O2. The summed E-state index contributed by atoms with van der Waals surface area (Å²) in [6.45, 7) is 3.79. The van der Waals surface area contributed by atoms with Gasteiger partial charge in [0.25, 0.3) is 5.91 Å². The molecule has 3 aromatic rings. The number of anilines is 1. The van der Waals surface area contributed by atoms with E-state index in [2.05, 4.69) is 20.7 Å². The molecule has 2 N–H and O–H groups in total. The summed E-state index contributed by atoms with van der Waals surface area (Å²) in [5.74, 6) is 0.153. The second kappa shape index (κ2) is 9.73. The van der Waals surface area contributed by atoms with Crippen LogP contribution in [0.15, 0.2) is 42.5 Å². The molecule has 30 heavy (non-hydrogen) atoms. The Morgan fingerprint density at radius 3 is 2.33 bits per heavy atom. The molecule has 0 aliphatic heterocycles. The van der Waals surface area contributed by atoms with E-state index in [4.69, 9.17) is 23.2 Å². The van der Waals surface area contributed by atoms with E-state index in [-0.39, 0.29) is 17.6 Å². The van der Waals surface area contributed by atoms with Crippen LogP contribution in [0.1, 0.15) is 35.9 Å². The second-order valence-corrected chi connectivity index (χ2v) is 7.39. The zero-order chi connectivity index (χ0) is 21.7. The van der Waals surface area contributed by atoms with Gasteiger partial charge in [0.2, 0.25) is 11.7 Å². The van der Waals surface area contributed by atoms with E-state index < -0.39 is 0 Å². The lowest BCUT2D eigenvalue weighted by Gasteiger charge is -2.08. The maximum absolute atomic E-state index is 12.5. The van der Waals surface area contributed by atoms with Crippen molar-refractivity contribution < 1.29 is 9.59 Å². The Bertz CT molecular complexity index is 1040. The van der Waals surface area contributed by atoms with Crippen LogP contribution in [-0.4, -0.2) is 33.1 Å². The molecule has 1 aromatic heterocycles. The number of aromatic nitrogens is 3. The Kier molecular flexibility index (Phi) is 7.07. The Morgan fingerprint density at radius 2 is 1.73 bits per heavy atom. The number of rotatable bonds is 7. The first-order valence-electron chi connectivity index (χ1n) is 9.44. The van der Waals surface area contributed by atoms with Gasteiger partial charge in [-0.1, -0.05) is 48.3 Å². The Balaban J connectivity index is 1.66. The van der Waals surface area contributed by atoms with Gasteiger partial charge in [0, 0.05) is 25.6 Å². The average molecular weight is 446 g/mol. The van der Waals surface area contributed by atoms with Crippen LogP contribution in [0.25, 0.3) is 5.69 Å². The fourth-order valence-electron chi connectivity index (χ4n) is 2.90. The van der Waals surface area contributed by atoms with Crippen molar-refractivity contribution in [1.82, 2.24) is 20.1 Å². The van der Waals surface area contributed by atoms with Gasteiger partial charge in [-0.05, 0) is 36.2 Å². The minimum absolute atomic E-state index is 0.0591. The zero-order valence-electron chi connectivity index (χ0n) is 16.6. The molecule has 9 heteroatoms. The van der Waals surface area contributed by atoms with Gasteiger partial charge < -0.3 is 10.6 Å². The van der Waals surface area contributed by atoms with Crippen molar-refractivity contribution in [3.05, 3.63) is 69.7 Å². The van der Waals surface area contributed by atoms with Crippen molar-refractivity contribution in [3.8, 4) is 5.69 Å². The number of hydrogen-bond donors (Lipinski definition) is 2. The normalized spacial score (nSPS) is 10.7. The SMILES string of the molecule is CCc1nc(C(=O)NCCc2ccc(NC(C)=O)cc2)nn1-c1c(Cl)cccc1Cl. The highest BCUT2D eigenvalue weighted by Crippen LogP contribution is 2.28. The summed E-state index contributed by atoms with van der Waals surface area (Å²) in [6.07, 6.45) is 1.19. The van der Waals surface area contributed by atoms with Crippen molar-refractivity contribution >= 4 is 40.7 Å². The summed E-state index contributed by atoms with van der Waals surface area (Å²) in [5, 5.41) is 10.7. The van der Waals surface area contributed by atoms with E-state index in [0.717, 1.165) is 11.3 Å². The van der Waals surface area contributed by atoms with E-state index in [1.54, 1.807) is 18.2 Å². The number of carbonyl (C=O) groups is 2. The number of benzene rings is 2. The minimum Gasteiger partial charge on any atom is -0.349 e. The fourth-order valence-corrected chi connectivity index (χ4v) is 3.45. The third-order valence-electron chi connectivity index (χ3n) is 4.32. The van der Waals surface area contributed by atoms with Crippen LogP contribution < -0.4 is 10.6 Å². The molecule has 0 saturated heterocycles. The average Bonchev–Trinajstić information content (AvgIpc) is 3.13. The van der Waals surface area contributed by atoms with E-state index in [9.17, 15) is 9.59 Å². The summed E-state index contributed by atoms with van der Waals surface area (Å²) in [7, 11) is 0. The standard InChI is InChI=1S/C21H21Cl2N5O2/c1-3-18-26-20(27-28(18)19-16(22)5-4-6-17(19)23)21(30)24-12-11-14-7-9-15(10-8-14)25-13(2)29/h4-10H,3,11-12H2,1-2H3,(H,24,30)(H,25,29). The largest absolute Gasteiger partial charge is 0.349 e. The van der Waals surface area contributed by atoms with Gasteiger partial charge >= 0.3 is 0 Å². The summed E-state index contributed by atoms with van der Waals surface area (Å²) in [5.41, 5.74) is 2.26. The van der Waals surface area contributed by atoms with Crippen LogP contribution in [0, 0.1) is 0 Å². The number of halogens is 2. The third kappa shape index (κ3) is 5.17. The van der Waals surface area contributed by atoms with E-state index in [1.807, 2.05) is 31.2 Å². The first-order valence-corrected chi connectivity index (χ1v) is 10.2.